The van der Waals surface area contributed by atoms with Gasteiger partial charge in [-0.05, 0) is 21.8 Å². The van der Waals surface area contributed by atoms with E-state index in [9.17, 15) is 13.2 Å². The molecule has 0 bridgehead atoms. The molecular weight excluding hydrogens is 378 g/mol. The maximum absolute atomic E-state index is 13.0. The van der Waals surface area contributed by atoms with Gasteiger partial charge in [-0.25, -0.2) is 12.8 Å². The molecule has 0 radical (unpaired) electrons. The van der Waals surface area contributed by atoms with Crippen LogP contribution in [0.15, 0.2) is 60.7 Å². The van der Waals surface area contributed by atoms with E-state index in [0.717, 1.165) is 10.4 Å². The molecule has 146 valence electrons. The Bertz CT molecular complexity index is 822. The number of rotatable bonds is 8. The third-order valence-electron chi connectivity index (χ3n) is 4.65. The van der Waals surface area contributed by atoms with Gasteiger partial charge in [0.25, 0.3) is 0 Å². The molecular formula is C20H27NO4SSi. The van der Waals surface area contributed by atoms with Gasteiger partial charge in [0.1, 0.15) is 0 Å². The zero-order valence-corrected chi connectivity index (χ0v) is 17.8. The summed E-state index contributed by atoms with van der Waals surface area (Å²) in [6.07, 6.45) is -0.0788. The maximum Gasteiger partial charge on any atom is 0.303 e. The Morgan fingerprint density at radius 1 is 0.963 bits per heavy atom. The molecule has 5 nitrogen and oxygen atoms in total. The quantitative estimate of drug-likeness (QED) is 0.660. The summed E-state index contributed by atoms with van der Waals surface area (Å²) in [5, 5.41) is 10.4. The zero-order valence-electron chi connectivity index (χ0n) is 16.0. The number of carbonyl (C=O) groups is 1. The van der Waals surface area contributed by atoms with Crippen LogP contribution in [0.2, 0.25) is 5.04 Å². The van der Waals surface area contributed by atoms with Crippen LogP contribution in [-0.4, -0.2) is 33.5 Å². The summed E-state index contributed by atoms with van der Waals surface area (Å²) in [7, 11) is -6.61. The van der Waals surface area contributed by atoms with E-state index >= 15 is 0 Å². The minimum absolute atomic E-state index is 0.0862. The van der Waals surface area contributed by atoms with Crippen molar-refractivity contribution in [2.45, 2.75) is 38.7 Å². The molecule has 0 aliphatic carbocycles. The Hall–Kier alpha value is -1.96. The predicted octanol–water partition coefficient (Wildman–Crippen LogP) is 2.33. The van der Waals surface area contributed by atoms with E-state index in [4.69, 9.17) is 5.11 Å². The van der Waals surface area contributed by atoms with Crippen molar-refractivity contribution in [3.8, 4) is 0 Å². The number of hydrogen-bond acceptors (Lipinski definition) is 3. The van der Waals surface area contributed by atoms with Crippen LogP contribution >= 0.6 is 0 Å². The lowest BCUT2D eigenvalue weighted by atomic mass is 10.2. The van der Waals surface area contributed by atoms with Gasteiger partial charge in [-0.2, -0.15) is 0 Å². The first kappa shape index (κ1) is 21.3. The highest BCUT2D eigenvalue weighted by Gasteiger charge is 2.50. The first-order valence-corrected chi connectivity index (χ1v) is 12.6. The second kappa shape index (κ2) is 8.37. The third-order valence-corrected chi connectivity index (χ3v) is 12.6. The van der Waals surface area contributed by atoms with Gasteiger partial charge in [-0.1, -0.05) is 81.4 Å². The van der Waals surface area contributed by atoms with E-state index in [1.807, 2.05) is 60.7 Å². The molecule has 0 saturated heterocycles. The van der Waals surface area contributed by atoms with Crippen molar-refractivity contribution < 1.29 is 18.3 Å². The van der Waals surface area contributed by atoms with E-state index in [0.29, 0.717) is 0 Å². The summed E-state index contributed by atoms with van der Waals surface area (Å²) in [6, 6.07) is 19.4. The Balaban J connectivity index is 2.58. The Morgan fingerprint density at radius 3 is 1.78 bits per heavy atom. The highest BCUT2D eigenvalue weighted by molar-refractivity contribution is 7.91. The van der Waals surface area contributed by atoms with Crippen molar-refractivity contribution in [2.24, 2.45) is 0 Å². The molecule has 0 saturated carbocycles. The SMILES string of the molecule is CC(C)(C)[Si](NS(=O)(=O)CCCC(=O)O)(c1ccccc1)c1ccccc1. The number of hydrogen-bond donors (Lipinski definition) is 2. The maximum atomic E-state index is 13.0. The van der Waals surface area contributed by atoms with Gasteiger partial charge in [0.2, 0.25) is 18.3 Å². The molecule has 2 N–H and O–H groups in total. The van der Waals surface area contributed by atoms with Gasteiger partial charge in [0.15, 0.2) is 0 Å². The standard InChI is InChI=1S/C20H27NO4SSi/c1-20(2,3)27(17-11-6-4-7-12-17,18-13-8-5-9-14-18)21-26(24,25)16-10-15-19(22)23/h4-9,11-14,21H,10,15-16H2,1-3H3,(H,22,23). The highest BCUT2D eigenvalue weighted by atomic mass is 32.2. The Morgan fingerprint density at radius 2 is 1.41 bits per heavy atom. The molecule has 0 fully saturated rings. The normalized spacial score (nSPS) is 12.7. The predicted molar refractivity (Wildman–Crippen MR) is 111 cm³/mol. The summed E-state index contributed by atoms with van der Waals surface area (Å²) in [5.74, 6) is -1.19. The monoisotopic (exact) mass is 405 g/mol. The lowest BCUT2D eigenvalue weighted by molar-refractivity contribution is -0.137. The van der Waals surface area contributed by atoms with Crippen molar-refractivity contribution in [1.29, 1.82) is 0 Å². The molecule has 2 aromatic rings. The third kappa shape index (κ3) is 5.06. The average molecular weight is 406 g/mol. The number of aliphatic carboxylic acids is 1. The average Bonchev–Trinajstić information content (AvgIpc) is 2.59. The van der Waals surface area contributed by atoms with Crippen LogP contribution in [-0.2, 0) is 14.8 Å². The van der Waals surface area contributed by atoms with Crippen LogP contribution in [0.1, 0.15) is 33.6 Å². The molecule has 0 aromatic heterocycles. The molecule has 0 unspecified atom stereocenters. The Kier molecular flexibility index (Phi) is 6.62. The van der Waals surface area contributed by atoms with Crippen LogP contribution in [0, 0.1) is 0 Å². The smallest absolute Gasteiger partial charge is 0.303 e. The fourth-order valence-corrected chi connectivity index (χ4v) is 11.8. The molecule has 0 spiro atoms. The van der Waals surface area contributed by atoms with Gasteiger partial charge in [0, 0.05) is 6.42 Å². The molecule has 2 rings (SSSR count). The van der Waals surface area contributed by atoms with E-state index in [2.05, 4.69) is 25.2 Å². The van der Waals surface area contributed by atoms with Gasteiger partial charge < -0.3 is 5.11 Å². The van der Waals surface area contributed by atoms with Gasteiger partial charge in [0.05, 0.1) is 5.75 Å². The second-order valence-corrected chi connectivity index (χ2v) is 14.3. The molecule has 7 heteroatoms. The van der Waals surface area contributed by atoms with Crippen LogP contribution in [0.3, 0.4) is 0 Å². The fourth-order valence-electron chi connectivity index (χ4n) is 3.38. The van der Waals surface area contributed by atoms with Gasteiger partial charge >= 0.3 is 5.97 Å². The molecule has 0 atom stereocenters. The zero-order chi connectivity index (χ0) is 20.1. The summed E-state index contributed by atoms with van der Waals surface area (Å²) >= 11 is 0. The fraction of sp³-hybridized carbons (Fsp3) is 0.350. The minimum Gasteiger partial charge on any atom is -0.481 e. The lowest BCUT2D eigenvalue weighted by Gasteiger charge is -2.43. The molecule has 0 aliphatic rings. The van der Waals surface area contributed by atoms with E-state index in [-0.39, 0.29) is 23.6 Å². The number of carboxylic acids is 1. The highest BCUT2D eigenvalue weighted by Crippen LogP contribution is 2.34. The number of carboxylic acid groups (broad SMARTS) is 1. The first-order valence-electron chi connectivity index (χ1n) is 8.93. The van der Waals surface area contributed by atoms with E-state index < -0.39 is 24.2 Å². The second-order valence-electron chi connectivity index (χ2n) is 7.65. The first-order chi connectivity index (χ1) is 12.6. The van der Waals surface area contributed by atoms with Crippen molar-refractivity contribution >= 4 is 34.6 Å². The topological polar surface area (TPSA) is 83.5 Å². The van der Waals surface area contributed by atoms with Crippen molar-refractivity contribution in [3.05, 3.63) is 60.7 Å². The van der Waals surface area contributed by atoms with Crippen LogP contribution in [0.25, 0.3) is 0 Å². The minimum atomic E-state index is -3.67. The van der Waals surface area contributed by atoms with Gasteiger partial charge in [-0.15, -0.1) is 0 Å². The summed E-state index contributed by atoms with van der Waals surface area (Å²) in [6.45, 7) is 6.16. The molecule has 27 heavy (non-hydrogen) atoms. The molecule has 2 aromatic carbocycles. The van der Waals surface area contributed by atoms with E-state index in [1.165, 1.54) is 0 Å². The van der Waals surface area contributed by atoms with Crippen molar-refractivity contribution in [2.75, 3.05) is 5.75 Å². The number of nitrogens with one attached hydrogen (secondary N) is 1. The van der Waals surface area contributed by atoms with Crippen LogP contribution < -0.4 is 14.8 Å². The summed E-state index contributed by atoms with van der Waals surface area (Å²) < 4.78 is 29.0. The van der Waals surface area contributed by atoms with Gasteiger partial charge in [-0.3, -0.25) is 4.79 Å². The Labute approximate surface area is 162 Å². The summed E-state index contributed by atoms with van der Waals surface area (Å²) in [4.78, 5) is 10.8. The van der Waals surface area contributed by atoms with E-state index in [1.54, 1.807) is 0 Å². The van der Waals surface area contributed by atoms with Crippen LogP contribution in [0.5, 0.6) is 0 Å². The lowest BCUT2D eigenvalue weighted by Crippen LogP contribution is -2.75. The molecule has 0 aliphatic heterocycles. The summed E-state index contributed by atoms with van der Waals surface area (Å²) in [5.41, 5.74) is 0. The van der Waals surface area contributed by atoms with Crippen LogP contribution in [0.4, 0.5) is 0 Å². The van der Waals surface area contributed by atoms with Crippen molar-refractivity contribution in [1.82, 2.24) is 4.39 Å². The number of benzene rings is 2. The number of sulfonamides is 1. The molecule has 0 amide bonds. The van der Waals surface area contributed by atoms with Crippen molar-refractivity contribution in [3.63, 3.8) is 0 Å². The largest absolute Gasteiger partial charge is 0.481 e. The molecule has 0 heterocycles.